The Morgan fingerprint density at radius 2 is 1.89 bits per heavy atom. The molecule has 36 heavy (non-hydrogen) atoms. The minimum atomic E-state index is -4.78. The third-order valence-electron chi connectivity index (χ3n) is 6.79. The van der Waals surface area contributed by atoms with Crippen molar-refractivity contribution in [2.75, 3.05) is 6.54 Å². The summed E-state index contributed by atoms with van der Waals surface area (Å²) in [6.45, 7) is 8.42. The second kappa shape index (κ2) is 8.62. The molecule has 10 heteroatoms. The van der Waals surface area contributed by atoms with Crippen LogP contribution in [-0.2, 0) is 5.54 Å². The number of fused-ring (bicyclic) bond motifs is 1. The Labute approximate surface area is 210 Å². The van der Waals surface area contributed by atoms with Gasteiger partial charge in [-0.3, -0.25) is 4.79 Å². The van der Waals surface area contributed by atoms with Crippen molar-refractivity contribution in [1.82, 2.24) is 19.9 Å². The molecule has 1 atom stereocenters. The van der Waals surface area contributed by atoms with Crippen molar-refractivity contribution in [2.45, 2.75) is 52.4 Å². The number of aromatic amines is 1. The number of carbonyl (C=O) groups is 1. The second-order valence-corrected chi connectivity index (χ2v) is 10.6. The Morgan fingerprint density at radius 3 is 2.61 bits per heavy atom. The van der Waals surface area contributed by atoms with Crippen molar-refractivity contribution in [1.29, 1.82) is 0 Å². The number of H-pyrrole nitrogens is 1. The maximum Gasteiger partial charge on any atom is 0.573 e. The lowest BCUT2D eigenvalue weighted by Crippen LogP contribution is -2.44. The monoisotopic (exact) mass is 514 g/mol. The summed E-state index contributed by atoms with van der Waals surface area (Å²) in [4.78, 5) is 28.9. The Kier molecular flexibility index (Phi) is 5.82. The van der Waals surface area contributed by atoms with E-state index in [4.69, 9.17) is 0 Å². The maximum absolute atomic E-state index is 13.9. The highest BCUT2D eigenvalue weighted by Gasteiger charge is 2.45. The lowest BCUT2D eigenvalue weighted by Gasteiger charge is -2.33. The molecule has 1 amide bonds. The first-order valence-corrected chi connectivity index (χ1v) is 12.4. The Hall–Kier alpha value is -3.40. The molecule has 1 fully saturated rings. The molecular formula is C26H25F3N4O2S. The number of aryl methyl sites for hydroxylation is 3. The zero-order valence-corrected chi connectivity index (χ0v) is 21.1. The third-order valence-corrected chi connectivity index (χ3v) is 7.81. The number of halogens is 3. The first-order chi connectivity index (χ1) is 16.9. The van der Waals surface area contributed by atoms with E-state index in [9.17, 15) is 18.0 Å². The van der Waals surface area contributed by atoms with E-state index in [1.807, 2.05) is 39.8 Å². The number of hydrogen-bond donors (Lipinski definition) is 1. The van der Waals surface area contributed by atoms with Crippen molar-refractivity contribution in [2.24, 2.45) is 0 Å². The van der Waals surface area contributed by atoms with E-state index in [0.717, 1.165) is 27.4 Å². The van der Waals surface area contributed by atoms with Crippen molar-refractivity contribution in [3.05, 3.63) is 64.1 Å². The lowest BCUT2D eigenvalue weighted by molar-refractivity contribution is -0.274. The summed E-state index contributed by atoms with van der Waals surface area (Å²) in [7, 11) is 0. The highest BCUT2D eigenvalue weighted by atomic mass is 32.1. The minimum absolute atomic E-state index is 0.186. The molecule has 6 nitrogen and oxygen atoms in total. The van der Waals surface area contributed by atoms with Gasteiger partial charge in [0.05, 0.1) is 26.5 Å². The van der Waals surface area contributed by atoms with Gasteiger partial charge in [-0.25, -0.2) is 9.97 Å². The molecule has 3 heterocycles. The Morgan fingerprint density at radius 1 is 1.11 bits per heavy atom. The quantitative estimate of drug-likeness (QED) is 0.331. The predicted molar refractivity (Wildman–Crippen MR) is 132 cm³/mol. The Balaban J connectivity index is 1.51. The zero-order valence-electron chi connectivity index (χ0n) is 20.3. The van der Waals surface area contributed by atoms with Crippen LogP contribution in [0.4, 0.5) is 13.2 Å². The van der Waals surface area contributed by atoms with Crippen LogP contribution >= 0.6 is 11.3 Å². The number of benzene rings is 2. The Bertz CT molecular complexity index is 1480. The standard InChI is InChI=1S/C26H25F3N4O2S/c1-14-6-7-17(12-15(14)2)22-21(30-16(3)36-22)23(34)33-11-5-10-25(33,4)24-31-19-9-8-18(13-20(19)32-24)35-26(27,28)29/h6-9,12-13H,5,10-11H2,1-4H3,(H,31,32). The highest BCUT2D eigenvalue weighted by Crippen LogP contribution is 2.41. The molecule has 0 radical (unpaired) electrons. The van der Waals surface area contributed by atoms with Gasteiger partial charge in [-0.1, -0.05) is 18.2 Å². The van der Waals surface area contributed by atoms with Crippen LogP contribution < -0.4 is 4.74 Å². The van der Waals surface area contributed by atoms with E-state index in [1.54, 1.807) is 4.90 Å². The van der Waals surface area contributed by atoms with Gasteiger partial charge in [0.15, 0.2) is 0 Å². The largest absolute Gasteiger partial charge is 0.573 e. The third kappa shape index (κ3) is 4.34. The van der Waals surface area contributed by atoms with Gasteiger partial charge in [0.1, 0.15) is 17.3 Å². The van der Waals surface area contributed by atoms with Crippen LogP contribution in [0.15, 0.2) is 36.4 Å². The van der Waals surface area contributed by atoms with Gasteiger partial charge in [0.25, 0.3) is 5.91 Å². The number of rotatable bonds is 4. The number of carbonyl (C=O) groups excluding carboxylic acids is 1. The molecule has 1 N–H and O–H groups in total. The van der Waals surface area contributed by atoms with Gasteiger partial charge < -0.3 is 14.6 Å². The summed E-state index contributed by atoms with van der Waals surface area (Å²) in [5.74, 6) is 0.00649. The smallest absolute Gasteiger partial charge is 0.406 e. The lowest BCUT2D eigenvalue weighted by atomic mass is 9.97. The molecule has 188 valence electrons. The molecule has 5 rings (SSSR count). The summed E-state index contributed by atoms with van der Waals surface area (Å²) in [6, 6.07) is 10.1. The molecule has 0 spiro atoms. The summed E-state index contributed by atoms with van der Waals surface area (Å²) >= 11 is 1.49. The molecule has 2 aromatic heterocycles. The molecular weight excluding hydrogens is 489 g/mol. The SMILES string of the molecule is Cc1nc(C(=O)N2CCCC2(C)c2nc3ccc(OC(F)(F)F)cc3[nH]2)c(-c2ccc(C)c(C)c2)s1. The summed E-state index contributed by atoms with van der Waals surface area (Å²) in [5, 5.41) is 0.799. The molecule has 4 aromatic rings. The van der Waals surface area contributed by atoms with E-state index < -0.39 is 11.9 Å². The number of alkyl halides is 3. The van der Waals surface area contributed by atoms with E-state index in [2.05, 4.69) is 25.8 Å². The number of nitrogens with one attached hydrogen (secondary N) is 1. The van der Waals surface area contributed by atoms with Gasteiger partial charge >= 0.3 is 6.36 Å². The van der Waals surface area contributed by atoms with E-state index >= 15 is 0 Å². The topological polar surface area (TPSA) is 71.1 Å². The fourth-order valence-electron chi connectivity index (χ4n) is 4.75. The van der Waals surface area contributed by atoms with Crippen LogP contribution in [0.2, 0.25) is 0 Å². The first-order valence-electron chi connectivity index (χ1n) is 11.6. The predicted octanol–water partition coefficient (Wildman–Crippen LogP) is 6.66. The van der Waals surface area contributed by atoms with Gasteiger partial charge in [0.2, 0.25) is 0 Å². The summed E-state index contributed by atoms with van der Waals surface area (Å²) in [6.07, 6.45) is -3.35. The fraction of sp³-hybridized carbons (Fsp3) is 0.346. The number of hydrogen-bond acceptors (Lipinski definition) is 5. The van der Waals surface area contributed by atoms with Crippen molar-refractivity contribution in [3.63, 3.8) is 0 Å². The van der Waals surface area contributed by atoms with Crippen LogP contribution in [0.1, 0.15) is 52.2 Å². The zero-order chi connectivity index (χ0) is 25.8. The summed E-state index contributed by atoms with van der Waals surface area (Å²) in [5.41, 5.74) is 3.82. The summed E-state index contributed by atoms with van der Waals surface area (Å²) < 4.78 is 42.0. The number of amides is 1. The van der Waals surface area contributed by atoms with Crippen LogP contribution in [0.5, 0.6) is 5.75 Å². The normalized spacial score (nSPS) is 18.2. The number of likely N-dealkylation sites (tertiary alicyclic amines) is 1. The maximum atomic E-state index is 13.9. The van der Waals surface area contributed by atoms with Crippen LogP contribution in [0.25, 0.3) is 21.5 Å². The highest BCUT2D eigenvalue weighted by molar-refractivity contribution is 7.15. The number of imidazole rings is 1. The molecule has 1 saturated heterocycles. The van der Waals surface area contributed by atoms with Crippen molar-refractivity contribution < 1.29 is 22.7 Å². The second-order valence-electron chi connectivity index (χ2n) is 9.36. The number of ether oxygens (including phenoxy) is 1. The van der Waals surface area contributed by atoms with Crippen molar-refractivity contribution in [3.8, 4) is 16.2 Å². The van der Waals surface area contributed by atoms with Gasteiger partial charge in [-0.2, -0.15) is 0 Å². The molecule has 1 aliphatic heterocycles. The average molecular weight is 515 g/mol. The van der Waals surface area contributed by atoms with Crippen LogP contribution in [-0.4, -0.2) is 38.7 Å². The fourth-order valence-corrected chi connectivity index (χ4v) is 5.66. The molecule has 0 bridgehead atoms. The number of nitrogens with zero attached hydrogens (tertiary/aromatic N) is 3. The van der Waals surface area contributed by atoms with Gasteiger partial charge in [-0.05, 0) is 69.4 Å². The molecule has 2 aromatic carbocycles. The van der Waals surface area contributed by atoms with E-state index in [1.165, 1.54) is 35.1 Å². The molecule has 0 aliphatic carbocycles. The van der Waals surface area contributed by atoms with Crippen molar-refractivity contribution >= 4 is 28.3 Å². The molecule has 1 aliphatic rings. The van der Waals surface area contributed by atoms with Crippen LogP contribution in [0, 0.1) is 20.8 Å². The minimum Gasteiger partial charge on any atom is -0.406 e. The van der Waals surface area contributed by atoms with Gasteiger partial charge in [0, 0.05) is 12.6 Å². The molecule has 0 saturated carbocycles. The average Bonchev–Trinajstić information content (AvgIpc) is 3.51. The number of aromatic nitrogens is 3. The van der Waals surface area contributed by atoms with Gasteiger partial charge in [-0.15, -0.1) is 24.5 Å². The van der Waals surface area contributed by atoms with Crippen LogP contribution in [0.3, 0.4) is 0 Å². The molecule has 1 unspecified atom stereocenters. The number of thiazole rings is 1. The van der Waals surface area contributed by atoms with E-state index in [-0.39, 0.29) is 11.7 Å². The van der Waals surface area contributed by atoms with E-state index in [0.29, 0.717) is 35.5 Å². The first kappa shape index (κ1) is 24.3.